The molecule has 4 nitrogen and oxygen atoms in total. The summed E-state index contributed by atoms with van der Waals surface area (Å²) in [4.78, 5) is 20.6. The van der Waals surface area contributed by atoms with Crippen LogP contribution in [0.3, 0.4) is 0 Å². The first-order valence-electron chi connectivity index (χ1n) is 3.27. The van der Waals surface area contributed by atoms with Gasteiger partial charge in [0.2, 0.25) is 0 Å². The van der Waals surface area contributed by atoms with Crippen LogP contribution in [0, 0.1) is 0 Å². The Kier molecular flexibility index (Phi) is 9.22. The minimum Gasteiger partial charge on any atom is -1.00 e. The van der Waals surface area contributed by atoms with E-state index >= 15 is 0 Å². The summed E-state index contributed by atoms with van der Waals surface area (Å²) in [5, 5.41) is 8.13. The van der Waals surface area contributed by atoms with Crippen LogP contribution in [0.5, 0.6) is 0 Å². The Morgan fingerprint density at radius 3 is 2.23 bits per heavy atom. The Balaban J connectivity index is -0.000000605. The standard InChI is InChI=1S/C8H10O4.Na.H/c1-6(2)5-12-8(11)4-3-7(9)10;;/h3-5H,1-2H3,(H,9,10);;/q;+1;-1/b4-3-;;. The molecule has 0 saturated heterocycles. The number of aliphatic carboxylic acids is 1. The van der Waals surface area contributed by atoms with E-state index in [0.29, 0.717) is 0 Å². The molecule has 0 aromatic heterocycles. The zero-order chi connectivity index (χ0) is 9.56. The van der Waals surface area contributed by atoms with Crippen molar-refractivity contribution >= 4 is 11.9 Å². The normalized spacial score (nSPS) is 8.77. The average Bonchev–Trinajstić information content (AvgIpc) is 1.96. The fraction of sp³-hybridized carbons (Fsp3) is 0.250. The minimum atomic E-state index is -1.18. The van der Waals surface area contributed by atoms with Crippen LogP contribution in [0.15, 0.2) is 24.0 Å². The van der Waals surface area contributed by atoms with Gasteiger partial charge in [-0.25, -0.2) is 9.59 Å². The van der Waals surface area contributed by atoms with Gasteiger partial charge < -0.3 is 11.3 Å². The monoisotopic (exact) mass is 194 g/mol. The summed E-state index contributed by atoms with van der Waals surface area (Å²) < 4.78 is 4.50. The topological polar surface area (TPSA) is 63.6 Å². The van der Waals surface area contributed by atoms with Crippen LogP contribution in [0.2, 0.25) is 0 Å². The van der Waals surface area contributed by atoms with Crippen LogP contribution in [0.1, 0.15) is 15.3 Å². The molecule has 0 radical (unpaired) electrons. The largest absolute Gasteiger partial charge is 1.00 e. The maximum atomic E-state index is 10.6. The van der Waals surface area contributed by atoms with Crippen LogP contribution in [-0.2, 0) is 14.3 Å². The van der Waals surface area contributed by atoms with Crippen molar-refractivity contribution in [2.24, 2.45) is 0 Å². The molecule has 13 heavy (non-hydrogen) atoms. The number of ether oxygens (including phenoxy) is 1. The van der Waals surface area contributed by atoms with Gasteiger partial charge in [0.05, 0.1) is 6.26 Å². The molecule has 0 heterocycles. The van der Waals surface area contributed by atoms with Gasteiger partial charge in [-0.05, 0) is 19.4 Å². The first kappa shape index (κ1) is 14.9. The number of carbonyl (C=O) groups is 2. The van der Waals surface area contributed by atoms with Crippen LogP contribution < -0.4 is 29.6 Å². The first-order chi connectivity index (χ1) is 5.52. The Hall–Kier alpha value is -0.580. The van der Waals surface area contributed by atoms with E-state index in [4.69, 9.17) is 5.11 Å². The molecule has 0 spiro atoms. The van der Waals surface area contributed by atoms with Gasteiger partial charge in [0.1, 0.15) is 0 Å². The summed E-state index contributed by atoms with van der Waals surface area (Å²) in [5.41, 5.74) is 0.826. The van der Waals surface area contributed by atoms with E-state index in [1.165, 1.54) is 6.26 Å². The van der Waals surface area contributed by atoms with Crippen molar-refractivity contribution in [1.82, 2.24) is 0 Å². The summed E-state index contributed by atoms with van der Waals surface area (Å²) >= 11 is 0. The maximum absolute atomic E-state index is 10.6. The van der Waals surface area contributed by atoms with Crippen molar-refractivity contribution in [3.63, 3.8) is 0 Å². The second-order valence-electron chi connectivity index (χ2n) is 2.30. The summed E-state index contributed by atoms with van der Waals surface area (Å²) in [7, 11) is 0. The molecule has 0 fully saturated rings. The Bertz CT molecular complexity index is 244. The van der Waals surface area contributed by atoms with Crippen LogP contribution in [-0.4, -0.2) is 17.0 Å². The second-order valence-corrected chi connectivity index (χ2v) is 2.30. The fourth-order valence-electron chi connectivity index (χ4n) is 0.355. The van der Waals surface area contributed by atoms with Gasteiger partial charge in [-0.3, -0.25) is 0 Å². The smallest absolute Gasteiger partial charge is 1.00 e. The number of esters is 1. The van der Waals surface area contributed by atoms with Crippen LogP contribution >= 0.6 is 0 Å². The van der Waals surface area contributed by atoms with Crippen molar-refractivity contribution in [1.29, 1.82) is 0 Å². The molecule has 0 bridgehead atoms. The van der Waals surface area contributed by atoms with E-state index in [0.717, 1.165) is 17.7 Å². The molecule has 0 aliphatic carbocycles. The molecule has 68 valence electrons. The zero-order valence-corrected chi connectivity index (χ0v) is 9.90. The van der Waals surface area contributed by atoms with Crippen molar-refractivity contribution in [2.75, 3.05) is 0 Å². The van der Waals surface area contributed by atoms with E-state index < -0.39 is 11.9 Å². The summed E-state index contributed by atoms with van der Waals surface area (Å²) in [5.74, 6) is -1.87. The van der Waals surface area contributed by atoms with Crippen molar-refractivity contribution in [2.45, 2.75) is 13.8 Å². The average molecular weight is 194 g/mol. The summed E-state index contributed by atoms with van der Waals surface area (Å²) in [6, 6.07) is 0. The molecule has 0 atom stereocenters. The first-order valence-corrected chi connectivity index (χ1v) is 3.27. The zero-order valence-electron chi connectivity index (χ0n) is 8.90. The third kappa shape index (κ3) is 11.4. The molecule has 1 N–H and O–H groups in total. The molecule has 0 amide bonds. The quantitative estimate of drug-likeness (QED) is 0.249. The number of hydrogen-bond donors (Lipinski definition) is 1. The Labute approximate surface area is 100 Å². The molecule has 5 heteroatoms. The molecule has 0 aromatic carbocycles. The molecular formula is C8H11NaO4. The number of carboxylic acids is 1. The number of allylic oxidation sites excluding steroid dienone is 1. The van der Waals surface area contributed by atoms with Crippen molar-refractivity contribution in [3.8, 4) is 0 Å². The maximum Gasteiger partial charge on any atom is 1.00 e. The molecule has 0 unspecified atom stereocenters. The Morgan fingerprint density at radius 2 is 1.85 bits per heavy atom. The number of hydrogen-bond acceptors (Lipinski definition) is 3. The SMILES string of the molecule is CC(C)=COC(=O)/C=C\C(=O)O.[H-].[Na+]. The molecule has 0 saturated carbocycles. The van der Waals surface area contributed by atoms with E-state index in [9.17, 15) is 9.59 Å². The molecule has 0 aromatic rings. The molecular weight excluding hydrogens is 183 g/mol. The van der Waals surface area contributed by atoms with E-state index in [1.807, 2.05) is 0 Å². The Morgan fingerprint density at radius 1 is 1.31 bits per heavy atom. The fourth-order valence-corrected chi connectivity index (χ4v) is 0.355. The van der Waals surface area contributed by atoms with Crippen molar-refractivity contribution in [3.05, 3.63) is 24.0 Å². The van der Waals surface area contributed by atoms with E-state index in [2.05, 4.69) is 4.74 Å². The van der Waals surface area contributed by atoms with Crippen LogP contribution in [0.4, 0.5) is 0 Å². The van der Waals surface area contributed by atoms with Gasteiger partial charge >= 0.3 is 41.5 Å². The third-order valence-electron chi connectivity index (χ3n) is 0.773. The van der Waals surface area contributed by atoms with E-state index in [1.54, 1.807) is 13.8 Å². The van der Waals surface area contributed by atoms with Gasteiger partial charge in [0.15, 0.2) is 0 Å². The van der Waals surface area contributed by atoms with Crippen molar-refractivity contribution < 1.29 is 50.4 Å². The predicted octanol–water partition coefficient (Wildman–Crippen LogP) is -1.79. The third-order valence-corrected chi connectivity index (χ3v) is 0.773. The van der Waals surface area contributed by atoms with Gasteiger partial charge in [-0.2, -0.15) is 0 Å². The molecule has 0 rings (SSSR count). The minimum absolute atomic E-state index is 0. The van der Waals surface area contributed by atoms with Gasteiger partial charge in [0.25, 0.3) is 0 Å². The summed E-state index contributed by atoms with van der Waals surface area (Å²) in [6.45, 7) is 3.52. The van der Waals surface area contributed by atoms with Gasteiger partial charge in [-0.15, -0.1) is 0 Å². The van der Waals surface area contributed by atoms with Crippen LogP contribution in [0.25, 0.3) is 0 Å². The summed E-state index contributed by atoms with van der Waals surface area (Å²) in [6.07, 6.45) is 2.83. The van der Waals surface area contributed by atoms with E-state index in [-0.39, 0.29) is 31.0 Å². The van der Waals surface area contributed by atoms with Gasteiger partial charge in [0, 0.05) is 12.2 Å². The predicted molar refractivity (Wildman–Crippen MR) is 43.4 cm³/mol. The molecule has 0 aliphatic rings. The number of rotatable bonds is 3. The molecule has 0 aliphatic heterocycles. The number of carboxylic acid groups (broad SMARTS) is 1. The number of carbonyl (C=O) groups excluding carboxylic acids is 1. The van der Waals surface area contributed by atoms with Gasteiger partial charge in [-0.1, -0.05) is 0 Å². The second kappa shape index (κ2) is 8.04.